The quantitative estimate of drug-likeness (QED) is 0.812. The third-order valence-electron chi connectivity index (χ3n) is 3.56. The predicted octanol–water partition coefficient (Wildman–Crippen LogP) is 2.54. The van der Waals surface area contributed by atoms with Gasteiger partial charge in [0.05, 0.1) is 18.4 Å². The predicted molar refractivity (Wildman–Crippen MR) is 88.4 cm³/mol. The van der Waals surface area contributed by atoms with Crippen molar-refractivity contribution in [2.24, 2.45) is 0 Å². The molecule has 2 rings (SSSR count). The van der Waals surface area contributed by atoms with Crippen molar-refractivity contribution >= 4 is 16.0 Å². The number of nitrogens with one attached hydrogen (secondary N) is 1. The van der Waals surface area contributed by atoms with Gasteiger partial charge in [0.15, 0.2) is 0 Å². The van der Waals surface area contributed by atoms with Crippen LogP contribution < -0.4 is 4.72 Å². The Bertz CT molecular complexity index is 849. The highest BCUT2D eigenvalue weighted by atomic mass is 32.2. The Kier molecular flexibility index (Phi) is 5.69. The second-order valence-corrected chi connectivity index (χ2v) is 7.11. The maximum absolute atomic E-state index is 14.0. The summed E-state index contributed by atoms with van der Waals surface area (Å²) in [5.74, 6) is -1.50. The molecular weight excluding hydrogens is 333 g/mol. The Morgan fingerprint density at radius 2 is 1.88 bits per heavy atom. The molecule has 128 valence electrons. The van der Waals surface area contributed by atoms with Gasteiger partial charge in [-0.2, -0.15) is 0 Å². The smallest absolute Gasteiger partial charge is 0.337 e. The van der Waals surface area contributed by atoms with Crippen LogP contribution in [0.4, 0.5) is 4.39 Å². The Labute approximate surface area is 140 Å². The van der Waals surface area contributed by atoms with E-state index in [4.69, 9.17) is 0 Å². The lowest BCUT2D eigenvalue weighted by Gasteiger charge is -2.10. The minimum absolute atomic E-state index is 0.0708. The van der Waals surface area contributed by atoms with Gasteiger partial charge in [0.25, 0.3) is 0 Å². The first kappa shape index (κ1) is 18.1. The van der Waals surface area contributed by atoms with Crippen molar-refractivity contribution < 1.29 is 22.3 Å². The molecule has 1 N–H and O–H groups in total. The molecule has 0 spiro atoms. The van der Waals surface area contributed by atoms with Crippen LogP contribution in [0.2, 0.25) is 0 Å². The van der Waals surface area contributed by atoms with Gasteiger partial charge < -0.3 is 4.74 Å². The van der Waals surface area contributed by atoms with E-state index >= 15 is 0 Å². The van der Waals surface area contributed by atoms with E-state index in [-0.39, 0.29) is 23.4 Å². The van der Waals surface area contributed by atoms with Crippen molar-refractivity contribution in [3.05, 3.63) is 70.5 Å². The Balaban J connectivity index is 2.07. The van der Waals surface area contributed by atoms with Gasteiger partial charge in [0.2, 0.25) is 10.0 Å². The van der Waals surface area contributed by atoms with Crippen LogP contribution in [0.25, 0.3) is 0 Å². The summed E-state index contributed by atoms with van der Waals surface area (Å²) in [5.41, 5.74) is 1.78. The van der Waals surface area contributed by atoms with E-state index in [1.54, 1.807) is 12.1 Å². The lowest BCUT2D eigenvalue weighted by molar-refractivity contribution is 0.0600. The molecule has 0 unspecified atom stereocenters. The lowest BCUT2D eigenvalue weighted by Crippen LogP contribution is -2.25. The summed E-state index contributed by atoms with van der Waals surface area (Å²) >= 11 is 0. The van der Waals surface area contributed by atoms with E-state index in [1.165, 1.54) is 19.2 Å². The normalized spacial score (nSPS) is 11.3. The number of esters is 1. The number of benzene rings is 2. The number of hydrogen-bond donors (Lipinski definition) is 1. The first-order valence-electron chi connectivity index (χ1n) is 7.21. The zero-order valence-electron chi connectivity index (χ0n) is 13.4. The molecule has 0 fully saturated rings. The van der Waals surface area contributed by atoms with E-state index < -0.39 is 21.8 Å². The molecule has 2 aromatic rings. The molecule has 0 aliphatic rings. The van der Waals surface area contributed by atoms with Gasteiger partial charge in [0, 0.05) is 12.1 Å². The second-order valence-electron chi connectivity index (χ2n) is 5.30. The molecule has 0 bridgehead atoms. The second kappa shape index (κ2) is 7.55. The summed E-state index contributed by atoms with van der Waals surface area (Å²) in [7, 11) is -2.41. The minimum Gasteiger partial charge on any atom is -0.465 e. The average molecular weight is 351 g/mol. The Morgan fingerprint density at radius 1 is 1.17 bits per heavy atom. The van der Waals surface area contributed by atoms with Gasteiger partial charge in [-0.25, -0.2) is 22.3 Å². The highest BCUT2D eigenvalue weighted by Crippen LogP contribution is 2.14. The number of methoxy groups -OCH3 is 1. The number of halogens is 1. The van der Waals surface area contributed by atoms with Gasteiger partial charge in [0.1, 0.15) is 5.82 Å². The summed E-state index contributed by atoms with van der Waals surface area (Å²) in [6, 6.07) is 10.9. The first-order valence-corrected chi connectivity index (χ1v) is 8.86. The largest absolute Gasteiger partial charge is 0.465 e. The molecule has 24 heavy (non-hydrogen) atoms. The molecular formula is C17H18FNO4S. The molecule has 0 aliphatic heterocycles. The van der Waals surface area contributed by atoms with Crippen LogP contribution in [0.1, 0.15) is 27.0 Å². The van der Waals surface area contributed by atoms with E-state index in [9.17, 15) is 17.6 Å². The maximum Gasteiger partial charge on any atom is 0.337 e. The molecule has 0 aromatic heterocycles. The summed E-state index contributed by atoms with van der Waals surface area (Å²) in [5, 5.41) is 0. The number of hydrogen-bond acceptors (Lipinski definition) is 4. The number of sulfonamides is 1. The molecule has 0 amide bonds. The van der Waals surface area contributed by atoms with Crippen molar-refractivity contribution in [2.75, 3.05) is 7.11 Å². The Hall–Kier alpha value is -2.25. The average Bonchev–Trinajstić information content (AvgIpc) is 2.55. The third kappa shape index (κ3) is 4.62. The van der Waals surface area contributed by atoms with Crippen LogP contribution in [0.3, 0.4) is 0 Å². The summed E-state index contributed by atoms with van der Waals surface area (Å²) < 4.78 is 45.1. The lowest BCUT2D eigenvalue weighted by atomic mass is 10.1. The van der Waals surface area contributed by atoms with E-state index in [2.05, 4.69) is 9.46 Å². The fourth-order valence-corrected chi connectivity index (χ4v) is 3.36. The molecule has 5 nitrogen and oxygen atoms in total. The van der Waals surface area contributed by atoms with Crippen molar-refractivity contribution in [1.29, 1.82) is 0 Å². The number of rotatable bonds is 6. The van der Waals surface area contributed by atoms with E-state index in [0.29, 0.717) is 5.56 Å². The van der Waals surface area contributed by atoms with Crippen LogP contribution in [0.5, 0.6) is 0 Å². The minimum atomic E-state index is -3.61. The fourth-order valence-electron chi connectivity index (χ4n) is 2.15. The zero-order chi connectivity index (χ0) is 17.7. The van der Waals surface area contributed by atoms with Gasteiger partial charge in [-0.05, 0) is 30.2 Å². The SMILES string of the molecule is COC(=O)c1ccc(CNS(=O)(=O)Cc2ccccc2C)c(F)c1. The summed E-state index contributed by atoms with van der Waals surface area (Å²) in [4.78, 5) is 11.3. The summed E-state index contributed by atoms with van der Waals surface area (Å²) in [6.07, 6.45) is 0. The molecule has 7 heteroatoms. The molecule has 0 saturated carbocycles. The highest BCUT2D eigenvalue weighted by Gasteiger charge is 2.15. The monoisotopic (exact) mass is 351 g/mol. The van der Waals surface area contributed by atoms with Crippen LogP contribution in [0, 0.1) is 12.7 Å². The highest BCUT2D eigenvalue weighted by molar-refractivity contribution is 7.88. The van der Waals surface area contributed by atoms with Crippen molar-refractivity contribution in [3.8, 4) is 0 Å². The van der Waals surface area contributed by atoms with Crippen LogP contribution in [-0.4, -0.2) is 21.5 Å². The van der Waals surface area contributed by atoms with E-state index in [0.717, 1.165) is 11.6 Å². The summed E-state index contributed by atoms with van der Waals surface area (Å²) in [6.45, 7) is 1.64. The Morgan fingerprint density at radius 3 is 2.50 bits per heavy atom. The third-order valence-corrected chi connectivity index (χ3v) is 4.84. The van der Waals surface area contributed by atoms with Crippen LogP contribution in [-0.2, 0) is 27.1 Å². The number of carbonyl (C=O) groups excluding carboxylic acids is 1. The number of ether oxygens (including phenoxy) is 1. The van der Waals surface area contributed by atoms with E-state index in [1.807, 2.05) is 19.1 Å². The maximum atomic E-state index is 14.0. The topological polar surface area (TPSA) is 72.5 Å². The van der Waals surface area contributed by atoms with Gasteiger partial charge >= 0.3 is 5.97 Å². The molecule has 0 saturated heterocycles. The van der Waals surface area contributed by atoms with Crippen molar-refractivity contribution in [3.63, 3.8) is 0 Å². The number of aryl methyl sites for hydroxylation is 1. The standard InChI is InChI=1S/C17H18FNO4S/c1-12-5-3-4-6-15(12)11-24(21,22)19-10-14-8-7-13(9-16(14)18)17(20)23-2/h3-9,19H,10-11H2,1-2H3. The van der Waals surface area contributed by atoms with Gasteiger partial charge in [-0.15, -0.1) is 0 Å². The number of carbonyl (C=O) groups is 1. The van der Waals surface area contributed by atoms with Gasteiger partial charge in [-0.1, -0.05) is 30.3 Å². The van der Waals surface area contributed by atoms with Crippen LogP contribution >= 0.6 is 0 Å². The van der Waals surface area contributed by atoms with Crippen molar-refractivity contribution in [1.82, 2.24) is 4.72 Å². The van der Waals surface area contributed by atoms with Gasteiger partial charge in [-0.3, -0.25) is 0 Å². The molecule has 0 heterocycles. The van der Waals surface area contributed by atoms with Crippen LogP contribution in [0.15, 0.2) is 42.5 Å². The van der Waals surface area contributed by atoms with Crippen molar-refractivity contribution in [2.45, 2.75) is 19.2 Å². The molecule has 0 radical (unpaired) electrons. The first-order chi connectivity index (χ1) is 11.3. The molecule has 2 aromatic carbocycles. The molecule has 0 atom stereocenters. The molecule has 0 aliphatic carbocycles. The fraction of sp³-hybridized carbons (Fsp3) is 0.235. The zero-order valence-corrected chi connectivity index (χ0v) is 14.2.